The van der Waals surface area contributed by atoms with Gasteiger partial charge < -0.3 is 5.32 Å². The van der Waals surface area contributed by atoms with Gasteiger partial charge in [0.25, 0.3) is 0 Å². The van der Waals surface area contributed by atoms with Crippen molar-refractivity contribution < 1.29 is 4.92 Å². The second-order valence-electron chi connectivity index (χ2n) is 5.13. The Balaban J connectivity index is 2.21. The van der Waals surface area contributed by atoms with Crippen molar-refractivity contribution >= 4 is 23.1 Å². The number of anilines is 1. The molecule has 6 nitrogen and oxygen atoms in total. The van der Waals surface area contributed by atoms with Crippen molar-refractivity contribution in [2.75, 3.05) is 5.32 Å². The molecule has 0 amide bonds. The van der Waals surface area contributed by atoms with E-state index < -0.39 is 4.92 Å². The number of halogens is 1. The predicted octanol–water partition coefficient (Wildman–Crippen LogP) is 3.34. The molecule has 1 fully saturated rings. The summed E-state index contributed by atoms with van der Waals surface area (Å²) >= 11 is 5.78. The molecule has 1 aliphatic rings. The van der Waals surface area contributed by atoms with Crippen molar-refractivity contribution in [3.8, 4) is 0 Å². The van der Waals surface area contributed by atoms with Gasteiger partial charge in [0.1, 0.15) is 5.69 Å². The zero-order valence-corrected chi connectivity index (χ0v) is 11.8. The van der Waals surface area contributed by atoms with Gasteiger partial charge in [-0.2, -0.15) is 4.98 Å². The minimum absolute atomic E-state index is 0.0368. The highest BCUT2D eigenvalue weighted by atomic mass is 35.5. The summed E-state index contributed by atoms with van der Waals surface area (Å²) in [6.07, 6.45) is 4.25. The van der Waals surface area contributed by atoms with Crippen LogP contribution in [0.1, 0.15) is 38.3 Å². The van der Waals surface area contributed by atoms with Crippen molar-refractivity contribution in [1.29, 1.82) is 0 Å². The van der Waals surface area contributed by atoms with E-state index >= 15 is 0 Å². The van der Waals surface area contributed by atoms with E-state index in [0.717, 1.165) is 31.6 Å². The van der Waals surface area contributed by atoms with Crippen LogP contribution in [0.3, 0.4) is 0 Å². The van der Waals surface area contributed by atoms with Gasteiger partial charge in [-0.3, -0.25) is 10.1 Å². The Hall–Kier alpha value is -1.43. The van der Waals surface area contributed by atoms with Crippen LogP contribution in [0.5, 0.6) is 0 Å². The van der Waals surface area contributed by atoms with Crippen LogP contribution >= 0.6 is 11.6 Å². The first-order chi connectivity index (χ1) is 8.97. The summed E-state index contributed by atoms with van der Waals surface area (Å²) in [4.78, 5) is 18.4. The Morgan fingerprint density at radius 3 is 2.53 bits per heavy atom. The second-order valence-corrected chi connectivity index (χ2v) is 5.47. The molecule has 0 atom stereocenters. The summed E-state index contributed by atoms with van der Waals surface area (Å²) in [5.74, 6) is 0.964. The van der Waals surface area contributed by atoms with Crippen LogP contribution in [-0.4, -0.2) is 20.9 Å². The highest BCUT2D eigenvalue weighted by Gasteiger charge is 2.25. The molecular formula is C12H17ClN4O2. The van der Waals surface area contributed by atoms with Crippen LogP contribution < -0.4 is 5.32 Å². The summed E-state index contributed by atoms with van der Waals surface area (Å²) in [6, 6.07) is 0.222. The third-order valence-corrected chi connectivity index (χ3v) is 3.74. The zero-order chi connectivity index (χ0) is 14.0. The molecule has 0 radical (unpaired) electrons. The molecule has 1 heterocycles. The van der Waals surface area contributed by atoms with E-state index in [1.807, 2.05) is 0 Å². The fraction of sp³-hybridized carbons (Fsp3) is 0.667. The summed E-state index contributed by atoms with van der Waals surface area (Å²) < 4.78 is 0. The number of hydrogen-bond donors (Lipinski definition) is 1. The highest BCUT2D eigenvalue weighted by molar-refractivity contribution is 6.28. The normalized spacial score (nSPS) is 23.1. The topological polar surface area (TPSA) is 81.0 Å². The van der Waals surface area contributed by atoms with Gasteiger partial charge in [-0.05, 0) is 50.1 Å². The minimum atomic E-state index is -0.459. The van der Waals surface area contributed by atoms with E-state index in [2.05, 4.69) is 22.2 Å². The fourth-order valence-corrected chi connectivity index (χ4v) is 2.66. The molecule has 0 bridgehead atoms. The Morgan fingerprint density at radius 2 is 1.95 bits per heavy atom. The smallest absolute Gasteiger partial charge is 0.332 e. The molecule has 0 aromatic carbocycles. The third kappa shape index (κ3) is 3.32. The van der Waals surface area contributed by atoms with E-state index in [9.17, 15) is 10.1 Å². The Morgan fingerprint density at radius 1 is 1.32 bits per heavy atom. The Kier molecular flexibility index (Phi) is 4.19. The number of aryl methyl sites for hydroxylation is 1. The van der Waals surface area contributed by atoms with E-state index in [1.165, 1.54) is 0 Å². The van der Waals surface area contributed by atoms with Gasteiger partial charge in [0, 0.05) is 6.04 Å². The standard InChI is InChI=1S/C12H17ClN4O2/c1-7-3-5-9(6-4-7)15-11-10(17(18)19)8(2)14-12(13)16-11/h7,9H,3-6H2,1-2H3,(H,14,15,16). The monoisotopic (exact) mass is 284 g/mol. The van der Waals surface area contributed by atoms with Crippen molar-refractivity contribution in [2.45, 2.75) is 45.6 Å². The fourth-order valence-electron chi connectivity index (χ4n) is 2.45. The first-order valence-corrected chi connectivity index (χ1v) is 6.80. The van der Waals surface area contributed by atoms with E-state index in [1.54, 1.807) is 6.92 Å². The van der Waals surface area contributed by atoms with Gasteiger partial charge in [0.15, 0.2) is 0 Å². The number of nitro groups is 1. The SMILES string of the molecule is Cc1nc(Cl)nc(NC2CCC(C)CC2)c1[N+](=O)[O-]. The number of aromatic nitrogens is 2. The van der Waals surface area contributed by atoms with Gasteiger partial charge >= 0.3 is 5.69 Å². The minimum Gasteiger partial charge on any atom is -0.361 e. The largest absolute Gasteiger partial charge is 0.361 e. The van der Waals surface area contributed by atoms with Gasteiger partial charge in [-0.1, -0.05) is 6.92 Å². The van der Waals surface area contributed by atoms with Crippen molar-refractivity contribution in [3.63, 3.8) is 0 Å². The molecule has 0 saturated heterocycles. The van der Waals surface area contributed by atoms with Crippen LogP contribution in [0, 0.1) is 23.0 Å². The summed E-state index contributed by atoms with van der Waals surface area (Å²) in [7, 11) is 0. The van der Waals surface area contributed by atoms with Gasteiger partial charge in [0.2, 0.25) is 11.1 Å². The lowest BCUT2D eigenvalue weighted by Crippen LogP contribution is -2.26. The Labute approximate surface area is 116 Å². The molecule has 2 rings (SSSR count). The summed E-state index contributed by atoms with van der Waals surface area (Å²) in [6.45, 7) is 3.80. The van der Waals surface area contributed by atoms with Crippen molar-refractivity contribution in [2.24, 2.45) is 5.92 Å². The number of nitrogens with one attached hydrogen (secondary N) is 1. The Bertz CT molecular complexity index is 487. The molecule has 1 N–H and O–H groups in total. The molecule has 1 saturated carbocycles. The quantitative estimate of drug-likeness (QED) is 0.523. The van der Waals surface area contributed by atoms with E-state index in [4.69, 9.17) is 11.6 Å². The summed E-state index contributed by atoms with van der Waals surface area (Å²) in [5.41, 5.74) is 0.208. The number of rotatable bonds is 3. The molecule has 7 heteroatoms. The van der Waals surface area contributed by atoms with Crippen molar-refractivity contribution in [3.05, 3.63) is 21.1 Å². The lowest BCUT2D eigenvalue weighted by Gasteiger charge is -2.27. The maximum Gasteiger partial charge on any atom is 0.332 e. The first-order valence-electron chi connectivity index (χ1n) is 6.42. The van der Waals surface area contributed by atoms with Crippen LogP contribution in [0.4, 0.5) is 11.5 Å². The average Bonchev–Trinajstić information content (AvgIpc) is 2.30. The van der Waals surface area contributed by atoms with Crippen LogP contribution in [-0.2, 0) is 0 Å². The predicted molar refractivity (Wildman–Crippen MR) is 73.5 cm³/mol. The molecule has 1 aliphatic carbocycles. The molecular weight excluding hydrogens is 268 g/mol. The number of nitrogens with zero attached hydrogens (tertiary/aromatic N) is 3. The second kappa shape index (κ2) is 5.69. The molecule has 1 aromatic heterocycles. The first kappa shape index (κ1) is 14.0. The maximum absolute atomic E-state index is 11.1. The van der Waals surface area contributed by atoms with Crippen LogP contribution in [0.2, 0.25) is 5.28 Å². The zero-order valence-electron chi connectivity index (χ0n) is 11.0. The van der Waals surface area contributed by atoms with Crippen LogP contribution in [0.25, 0.3) is 0 Å². The molecule has 1 aromatic rings. The van der Waals surface area contributed by atoms with Gasteiger partial charge in [-0.15, -0.1) is 0 Å². The molecule has 104 valence electrons. The lowest BCUT2D eigenvalue weighted by molar-refractivity contribution is -0.385. The lowest BCUT2D eigenvalue weighted by atomic mass is 9.87. The molecule has 0 spiro atoms. The van der Waals surface area contributed by atoms with Crippen LogP contribution in [0.15, 0.2) is 0 Å². The molecule has 0 unspecified atom stereocenters. The summed E-state index contributed by atoms with van der Waals surface area (Å²) in [5, 5.41) is 14.3. The number of hydrogen-bond acceptors (Lipinski definition) is 5. The molecule has 0 aliphatic heterocycles. The van der Waals surface area contributed by atoms with Gasteiger partial charge in [0.05, 0.1) is 4.92 Å². The third-order valence-electron chi connectivity index (χ3n) is 3.57. The van der Waals surface area contributed by atoms with E-state index in [0.29, 0.717) is 0 Å². The van der Waals surface area contributed by atoms with Gasteiger partial charge in [-0.25, -0.2) is 4.98 Å². The van der Waals surface area contributed by atoms with Crippen molar-refractivity contribution in [1.82, 2.24) is 9.97 Å². The van der Waals surface area contributed by atoms with E-state index in [-0.39, 0.29) is 28.5 Å². The maximum atomic E-state index is 11.1. The highest BCUT2D eigenvalue weighted by Crippen LogP contribution is 2.31. The molecule has 19 heavy (non-hydrogen) atoms. The average molecular weight is 285 g/mol.